The van der Waals surface area contributed by atoms with Crippen LogP contribution >= 0.6 is 0 Å². The molecule has 2 heterocycles. The summed E-state index contributed by atoms with van der Waals surface area (Å²) in [5, 5.41) is 0. The number of hydrogen-bond donors (Lipinski definition) is 0. The van der Waals surface area contributed by atoms with Crippen molar-refractivity contribution < 1.29 is 17.9 Å². The highest BCUT2D eigenvalue weighted by molar-refractivity contribution is 7.88. The third-order valence-electron chi connectivity index (χ3n) is 4.31. The van der Waals surface area contributed by atoms with E-state index >= 15 is 0 Å². The smallest absolute Gasteiger partial charge is 0.253 e. The van der Waals surface area contributed by atoms with Crippen LogP contribution in [0.15, 0.2) is 24.3 Å². The first-order chi connectivity index (χ1) is 11.1. The average Bonchev–Trinajstić information content (AvgIpc) is 3.10. The van der Waals surface area contributed by atoms with Crippen LogP contribution < -0.4 is 0 Å². The molecule has 0 aromatic heterocycles. The maximum atomic E-state index is 12.4. The molecule has 126 valence electrons. The number of sulfonamides is 1. The van der Waals surface area contributed by atoms with Crippen molar-refractivity contribution in [3.8, 4) is 0 Å². The van der Waals surface area contributed by atoms with Crippen LogP contribution in [0.25, 0.3) is 0 Å². The number of morpholine rings is 1. The highest BCUT2D eigenvalue weighted by Gasteiger charge is 2.25. The van der Waals surface area contributed by atoms with Crippen molar-refractivity contribution >= 4 is 15.9 Å². The molecule has 2 aliphatic heterocycles. The third kappa shape index (κ3) is 3.91. The van der Waals surface area contributed by atoms with Crippen LogP contribution in [0.1, 0.15) is 28.8 Å². The molecule has 0 radical (unpaired) electrons. The van der Waals surface area contributed by atoms with Crippen molar-refractivity contribution in [3.63, 3.8) is 0 Å². The van der Waals surface area contributed by atoms with Crippen molar-refractivity contribution in [1.82, 2.24) is 9.21 Å². The summed E-state index contributed by atoms with van der Waals surface area (Å²) >= 11 is 0. The zero-order chi connectivity index (χ0) is 16.3. The van der Waals surface area contributed by atoms with E-state index < -0.39 is 10.0 Å². The van der Waals surface area contributed by atoms with Crippen LogP contribution in [-0.2, 0) is 20.5 Å². The Morgan fingerprint density at radius 2 is 1.61 bits per heavy atom. The van der Waals surface area contributed by atoms with Crippen LogP contribution in [-0.4, -0.2) is 62.9 Å². The second-order valence-corrected chi connectivity index (χ2v) is 7.93. The van der Waals surface area contributed by atoms with Gasteiger partial charge in [0.2, 0.25) is 10.0 Å². The lowest BCUT2D eigenvalue weighted by molar-refractivity contribution is 0.0729. The minimum atomic E-state index is -3.33. The molecule has 2 aliphatic rings. The molecule has 0 spiro atoms. The van der Waals surface area contributed by atoms with Gasteiger partial charge in [0.25, 0.3) is 5.91 Å². The Balaban J connectivity index is 1.66. The van der Waals surface area contributed by atoms with E-state index in [4.69, 9.17) is 4.74 Å². The van der Waals surface area contributed by atoms with Gasteiger partial charge in [0.15, 0.2) is 0 Å². The molecule has 0 atom stereocenters. The number of carbonyl (C=O) groups excluding carboxylic acids is 1. The van der Waals surface area contributed by atoms with Gasteiger partial charge in [-0.2, -0.15) is 4.31 Å². The molecular formula is C16H22N2O4S. The van der Waals surface area contributed by atoms with Crippen molar-refractivity contribution in [1.29, 1.82) is 0 Å². The number of amides is 1. The van der Waals surface area contributed by atoms with E-state index in [1.54, 1.807) is 24.3 Å². The molecular weight excluding hydrogens is 316 g/mol. The van der Waals surface area contributed by atoms with Crippen molar-refractivity contribution in [2.24, 2.45) is 0 Å². The molecule has 23 heavy (non-hydrogen) atoms. The summed E-state index contributed by atoms with van der Waals surface area (Å²) in [7, 11) is -3.33. The number of likely N-dealkylation sites (tertiary alicyclic amines) is 1. The summed E-state index contributed by atoms with van der Waals surface area (Å²) < 4.78 is 31.4. The second kappa shape index (κ2) is 6.98. The Bertz CT molecular complexity index is 645. The molecule has 2 fully saturated rings. The fourth-order valence-electron chi connectivity index (χ4n) is 2.97. The SMILES string of the molecule is O=C(c1ccc(CS(=O)(=O)N2CCOCC2)cc1)N1CCCC1. The molecule has 0 aliphatic carbocycles. The molecule has 3 rings (SSSR count). The van der Waals surface area contributed by atoms with E-state index in [-0.39, 0.29) is 11.7 Å². The van der Waals surface area contributed by atoms with E-state index in [1.165, 1.54) is 4.31 Å². The van der Waals surface area contributed by atoms with Gasteiger partial charge in [0.1, 0.15) is 0 Å². The van der Waals surface area contributed by atoms with Crippen LogP contribution in [0.4, 0.5) is 0 Å². The first kappa shape index (κ1) is 16.4. The summed E-state index contributed by atoms with van der Waals surface area (Å²) in [4.78, 5) is 14.1. The summed E-state index contributed by atoms with van der Waals surface area (Å²) in [6.45, 7) is 3.34. The number of nitrogens with zero attached hydrogens (tertiary/aromatic N) is 2. The lowest BCUT2D eigenvalue weighted by Gasteiger charge is -2.26. The maximum absolute atomic E-state index is 12.4. The molecule has 0 saturated carbocycles. The number of ether oxygens (including phenoxy) is 1. The minimum absolute atomic E-state index is 0.0325. The van der Waals surface area contributed by atoms with Gasteiger partial charge in [0.05, 0.1) is 19.0 Å². The Hall–Kier alpha value is -1.44. The van der Waals surface area contributed by atoms with E-state index in [0.29, 0.717) is 37.4 Å². The molecule has 0 N–H and O–H groups in total. The predicted octanol–water partition coefficient (Wildman–Crippen LogP) is 1.08. The lowest BCUT2D eigenvalue weighted by atomic mass is 10.1. The second-order valence-electron chi connectivity index (χ2n) is 5.96. The van der Waals surface area contributed by atoms with E-state index in [0.717, 1.165) is 25.9 Å². The first-order valence-corrected chi connectivity index (χ1v) is 9.61. The van der Waals surface area contributed by atoms with Crippen LogP contribution in [0, 0.1) is 0 Å². The normalized spacial score (nSPS) is 19.9. The van der Waals surface area contributed by atoms with Crippen molar-refractivity contribution in [2.75, 3.05) is 39.4 Å². The topological polar surface area (TPSA) is 66.9 Å². The fraction of sp³-hybridized carbons (Fsp3) is 0.562. The number of benzene rings is 1. The Morgan fingerprint density at radius 1 is 1.00 bits per heavy atom. The van der Waals surface area contributed by atoms with E-state index in [1.807, 2.05) is 4.90 Å². The highest BCUT2D eigenvalue weighted by Crippen LogP contribution is 2.16. The van der Waals surface area contributed by atoms with Crippen LogP contribution in [0.3, 0.4) is 0 Å². The van der Waals surface area contributed by atoms with E-state index in [2.05, 4.69) is 0 Å². The zero-order valence-electron chi connectivity index (χ0n) is 13.1. The van der Waals surface area contributed by atoms with Crippen LogP contribution in [0.5, 0.6) is 0 Å². The number of hydrogen-bond acceptors (Lipinski definition) is 4. The third-order valence-corrected chi connectivity index (χ3v) is 6.16. The minimum Gasteiger partial charge on any atom is -0.379 e. The van der Waals surface area contributed by atoms with Crippen LogP contribution in [0.2, 0.25) is 0 Å². The summed E-state index contributed by atoms with van der Waals surface area (Å²) in [6.07, 6.45) is 2.11. The van der Waals surface area contributed by atoms with Gasteiger partial charge in [-0.1, -0.05) is 12.1 Å². The Labute approximate surface area is 137 Å². The molecule has 7 heteroatoms. The standard InChI is InChI=1S/C16H22N2O4S/c19-16(17-7-1-2-8-17)15-5-3-14(4-6-15)13-23(20,21)18-9-11-22-12-10-18/h3-6H,1-2,7-13H2. The molecule has 1 amide bonds. The van der Waals surface area contributed by atoms with E-state index in [9.17, 15) is 13.2 Å². The zero-order valence-corrected chi connectivity index (χ0v) is 13.9. The van der Waals surface area contributed by atoms with Crippen molar-refractivity contribution in [3.05, 3.63) is 35.4 Å². The molecule has 6 nitrogen and oxygen atoms in total. The van der Waals surface area contributed by atoms with Gasteiger partial charge in [-0.3, -0.25) is 4.79 Å². The molecule has 0 bridgehead atoms. The van der Waals surface area contributed by atoms with Gasteiger partial charge in [-0.25, -0.2) is 8.42 Å². The quantitative estimate of drug-likeness (QED) is 0.824. The fourth-order valence-corrected chi connectivity index (χ4v) is 4.47. The Kier molecular flexibility index (Phi) is 4.99. The average molecular weight is 338 g/mol. The summed E-state index contributed by atoms with van der Waals surface area (Å²) in [6, 6.07) is 6.93. The molecule has 2 saturated heterocycles. The summed E-state index contributed by atoms with van der Waals surface area (Å²) in [5.74, 6) is -0.00404. The van der Waals surface area contributed by atoms with Gasteiger partial charge < -0.3 is 9.64 Å². The van der Waals surface area contributed by atoms with Gasteiger partial charge in [-0.05, 0) is 30.5 Å². The molecule has 0 unspecified atom stereocenters. The largest absolute Gasteiger partial charge is 0.379 e. The van der Waals surface area contributed by atoms with Gasteiger partial charge >= 0.3 is 0 Å². The number of carbonyl (C=O) groups is 1. The number of rotatable bonds is 4. The predicted molar refractivity (Wildman–Crippen MR) is 86.6 cm³/mol. The monoisotopic (exact) mass is 338 g/mol. The lowest BCUT2D eigenvalue weighted by Crippen LogP contribution is -2.41. The van der Waals surface area contributed by atoms with Gasteiger partial charge in [0, 0.05) is 31.7 Å². The molecule has 1 aromatic carbocycles. The summed E-state index contributed by atoms with van der Waals surface area (Å²) in [5.41, 5.74) is 1.33. The van der Waals surface area contributed by atoms with Gasteiger partial charge in [-0.15, -0.1) is 0 Å². The Morgan fingerprint density at radius 3 is 2.22 bits per heavy atom. The first-order valence-electron chi connectivity index (χ1n) is 8.00. The van der Waals surface area contributed by atoms with Crippen molar-refractivity contribution in [2.45, 2.75) is 18.6 Å². The highest BCUT2D eigenvalue weighted by atomic mass is 32.2. The maximum Gasteiger partial charge on any atom is 0.253 e. The molecule has 1 aromatic rings.